The van der Waals surface area contributed by atoms with Crippen molar-refractivity contribution in [2.45, 2.75) is 110 Å². The number of piperidine rings is 1. The number of aromatic nitrogens is 4. The number of imide groups is 1. The minimum atomic E-state index is -0.381. The second-order valence-corrected chi connectivity index (χ2v) is 21.4. The normalized spacial score (nSPS) is 20.3. The molecule has 7 heterocycles. The Morgan fingerprint density at radius 2 is 1.66 bits per heavy atom. The Hall–Kier alpha value is -7.11. The molecule has 17 nitrogen and oxygen atoms in total. The number of aliphatic hydroxyl groups is 1. The van der Waals surface area contributed by atoms with Crippen molar-refractivity contribution in [1.29, 1.82) is 0 Å². The molecule has 6 aliphatic rings. The number of rotatable bonds is 12. The highest BCUT2D eigenvalue weighted by Crippen LogP contribution is 2.42. The number of hydrogen-bond acceptors (Lipinski definition) is 13. The van der Waals surface area contributed by atoms with Gasteiger partial charge in [0.05, 0.1) is 48.1 Å². The van der Waals surface area contributed by atoms with Crippen molar-refractivity contribution in [3.05, 3.63) is 107 Å². The molecule has 0 bridgehead atoms. The van der Waals surface area contributed by atoms with E-state index in [9.17, 15) is 24.3 Å². The fourth-order valence-electron chi connectivity index (χ4n) is 12.5. The molecule has 1 atom stereocenters. The number of amides is 4. The predicted molar refractivity (Wildman–Crippen MR) is 281 cm³/mol. The quantitative estimate of drug-likeness (QED) is 0.0822. The fraction of sp³-hybridized carbons (Fsp3) is 0.446. The van der Waals surface area contributed by atoms with Crippen LogP contribution in [-0.4, -0.2) is 123 Å². The van der Waals surface area contributed by atoms with Gasteiger partial charge in [-0.05, 0) is 111 Å². The van der Waals surface area contributed by atoms with Crippen LogP contribution in [0.15, 0.2) is 73.6 Å². The topological polar surface area (TPSA) is 182 Å². The molecule has 4 aliphatic heterocycles. The zero-order valence-corrected chi connectivity index (χ0v) is 42.3. The first-order valence-corrected chi connectivity index (χ1v) is 26.0. The Kier molecular flexibility index (Phi) is 12.8. The van der Waals surface area contributed by atoms with Gasteiger partial charge in [-0.1, -0.05) is 39.7 Å². The molecule has 0 radical (unpaired) electrons. The summed E-state index contributed by atoms with van der Waals surface area (Å²) >= 11 is 0. The minimum absolute atomic E-state index is 0.00766. The molecule has 3 aromatic heterocycles. The molecule has 2 saturated heterocycles. The number of aliphatic hydroxyl groups excluding tert-OH is 1. The zero-order chi connectivity index (χ0) is 50.7. The first kappa shape index (κ1) is 48.2. The highest BCUT2D eigenvalue weighted by atomic mass is 16.5. The molecule has 3 fully saturated rings. The zero-order valence-electron chi connectivity index (χ0n) is 42.3. The Labute approximate surface area is 426 Å². The third-order valence-corrected chi connectivity index (χ3v) is 16.1. The highest BCUT2D eigenvalue weighted by Gasteiger charge is 2.42. The van der Waals surface area contributed by atoms with Crippen molar-refractivity contribution in [1.82, 2.24) is 29.3 Å². The number of carbonyl (C=O) groups excluding carboxylic acids is 4. The molecule has 17 heteroatoms. The van der Waals surface area contributed by atoms with Crippen LogP contribution in [0, 0.1) is 5.41 Å². The standard InChI is InChI=1S/C56H65N11O6/c1-6-49(69)60-44-27-36(59-50-52(73-5)58-31-45(61-50)40-16-19-57-51(43(40)33-68)66-25-24-65-47(55(66)72)26-35-29-56(3,4)30-48(35)65)12-15-46(44)64-23-22-63(32-34(64)2)37-17-20-62(21-18-37)39-13-14-41-42(28-39)54(71)67(53(41)70)38-10-8-7-9-11-38/h6,12-16,19,26-28,31,34,37-38,68H,1,7-11,17-18,20-25,29-30,32-33H2,2-5H3,(H,59,61)(H,60,69)/t34-/m0/s1. The number of nitrogens with zero attached hydrogens (tertiary/aromatic N) is 9. The van der Waals surface area contributed by atoms with Crippen LogP contribution >= 0.6 is 0 Å². The molecule has 4 amide bonds. The van der Waals surface area contributed by atoms with Crippen LogP contribution in [0.25, 0.3) is 11.3 Å². The van der Waals surface area contributed by atoms with Gasteiger partial charge in [-0.2, -0.15) is 0 Å². The van der Waals surface area contributed by atoms with Crippen LogP contribution in [0.3, 0.4) is 0 Å². The summed E-state index contributed by atoms with van der Waals surface area (Å²) in [5.74, 6) is 0.171. The van der Waals surface area contributed by atoms with Crippen LogP contribution < -0.4 is 30.1 Å². The largest absolute Gasteiger partial charge is 0.478 e. The molecular weight excluding hydrogens is 923 g/mol. The molecule has 2 aliphatic carbocycles. The molecule has 2 aromatic carbocycles. The molecule has 380 valence electrons. The number of methoxy groups -OCH3 is 1. The van der Waals surface area contributed by atoms with E-state index in [1.54, 1.807) is 23.4 Å². The van der Waals surface area contributed by atoms with E-state index < -0.39 is 0 Å². The van der Waals surface area contributed by atoms with Crippen molar-refractivity contribution in [3.8, 4) is 17.1 Å². The molecule has 1 saturated carbocycles. The molecule has 0 unspecified atom stereocenters. The number of nitrogens with one attached hydrogen (secondary N) is 2. The third kappa shape index (κ3) is 8.89. The van der Waals surface area contributed by atoms with E-state index in [-0.39, 0.29) is 53.6 Å². The van der Waals surface area contributed by atoms with Gasteiger partial charge in [-0.25, -0.2) is 15.0 Å². The summed E-state index contributed by atoms with van der Waals surface area (Å²) in [5, 5.41) is 17.3. The van der Waals surface area contributed by atoms with Crippen LogP contribution in [-0.2, 0) is 30.8 Å². The average molecular weight is 988 g/mol. The van der Waals surface area contributed by atoms with Crippen LogP contribution in [0.5, 0.6) is 5.88 Å². The fourth-order valence-corrected chi connectivity index (χ4v) is 12.5. The lowest BCUT2D eigenvalue weighted by atomic mass is 9.90. The molecular formula is C56H65N11O6. The van der Waals surface area contributed by atoms with Crippen molar-refractivity contribution >= 4 is 58.0 Å². The summed E-state index contributed by atoms with van der Waals surface area (Å²) in [6.45, 7) is 15.3. The summed E-state index contributed by atoms with van der Waals surface area (Å²) in [6.07, 6.45) is 13.4. The van der Waals surface area contributed by atoms with Crippen molar-refractivity contribution in [3.63, 3.8) is 0 Å². The number of carbonyl (C=O) groups is 4. The summed E-state index contributed by atoms with van der Waals surface area (Å²) in [4.78, 5) is 78.6. The number of anilines is 6. The third-order valence-electron chi connectivity index (χ3n) is 16.1. The van der Waals surface area contributed by atoms with E-state index in [0.717, 1.165) is 102 Å². The SMILES string of the molecule is C=CC(=O)Nc1cc(Nc2nc(-c3ccnc(N4CCn5c(cc6c5CC(C)(C)C6)C4=O)c3CO)cnc2OC)ccc1N1CCN(C2CCN(c3ccc4c(c3)C(=O)N(C3CCCCC3)C4=O)CC2)C[C@@H]1C. The Morgan fingerprint density at radius 1 is 0.863 bits per heavy atom. The Balaban J connectivity index is 0.769. The Morgan fingerprint density at radius 3 is 2.41 bits per heavy atom. The van der Waals surface area contributed by atoms with E-state index >= 15 is 0 Å². The maximum Gasteiger partial charge on any atom is 0.276 e. The molecule has 11 rings (SSSR count). The smallest absolute Gasteiger partial charge is 0.276 e. The van der Waals surface area contributed by atoms with E-state index in [1.165, 1.54) is 29.3 Å². The van der Waals surface area contributed by atoms with E-state index in [1.807, 2.05) is 42.5 Å². The summed E-state index contributed by atoms with van der Waals surface area (Å²) < 4.78 is 7.83. The first-order chi connectivity index (χ1) is 35.3. The highest BCUT2D eigenvalue weighted by molar-refractivity contribution is 6.22. The van der Waals surface area contributed by atoms with Gasteiger partial charge >= 0.3 is 0 Å². The molecule has 3 N–H and O–H groups in total. The first-order valence-electron chi connectivity index (χ1n) is 26.0. The van der Waals surface area contributed by atoms with Crippen molar-refractivity contribution in [2.24, 2.45) is 5.41 Å². The lowest BCUT2D eigenvalue weighted by Gasteiger charge is -2.47. The van der Waals surface area contributed by atoms with Gasteiger partial charge in [0.2, 0.25) is 5.91 Å². The number of piperazine rings is 1. The second-order valence-electron chi connectivity index (χ2n) is 21.4. The summed E-state index contributed by atoms with van der Waals surface area (Å²) in [5.41, 5.74) is 8.95. The van der Waals surface area contributed by atoms with Gasteiger partial charge in [0.15, 0.2) is 5.82 Å². The van der Waals surface area contributed by atoms with Crippen LogP contribution in [0.4, 0.5) is 34.4 Å². The van der Waals surface area contributed by atoms with Crippen LogP contribution in [0.2, 0.25) is 0 Å². The molecule has 5 aromatic rings. The molecule has 0 spiro atoms. The minimum Gasteiger partial charge on any atom is -0.478 e. The van der Waals surface area contributed by atoms with Gasteiger partial charge in [0.25, 0.3) is 23.6 Å². The maximum atomic E-state index is 14.1. The van der Waals surface area contributed by atoms with Gasteiger partial charge in [0, 0.05) is 98.3 Å². The lowest BCUT2D eigenvalue weighted by molar-refractivity contribution is -0.111. The predicted octanol–water partition coefficient (Wildman–Crippen LogP) is 7.60. The average Bonchev–Trinajstić information content (AvgIpc) is 3.99. The monoisotopic (exact) mass is 988 g/mol. The van der Waals surface area contributed by atoms with Crippen molar-refractivity contribution < 1.29 is 29.0 Å². The van der Waals surface area contributed by atoms with Gasteiger partial charge in [-0.15, -0.1) is 0 Å². The number of ether oxygens (including phenoxy) is 1. The summed E-state index contributed by atoms with van der Waals surface area (Å²) in [6, 6.07) is 15.9. The summed E-state index contributed by atoms with van der Waals surface area (Å²) in [7, 11) is 1.52. The van der Waals surface area contributed by atoms with Crippen molar-refractivity contribution in [2.75, 3.05) is 71.7 Å². The van der Waals surface area contributed by atoms with E-state index in [2.05, 4.69) is 67.2 Å². The van der Waals surface area contributed by atoms with E-state index in [4.69, 9.17) is 9.72 Å². The number of hydrogen-bond donors (Lipinski definition) is 3. The number of fused-ring (bicyclic) bond motifs is 4. The lowest BCUT2D eigenvalue weighted by Crippen LogP contribution is -2.57. The second kappa shape index (κ2) is 19.4. The van der Waals surface area contributed by atoms with E-state index in [0.29, 0.717) is 75.8 Å². The Bertz CT molecular complexity index is 3030. The number of pyridine rings is 1. The number of benzene rings is 2. The van der Waals surface area contributed by atoms with Gasteiger partial charge in [-0.3, -0.25) is 33.9 Å². The molecule has 73 heavy (non-hydrogen) atoms. The maximum absolute atomic E-state index is 14.1. The van der Waals surface area contributed by atoms with Gasteiger partial charge in [0.1, 0.15) is 11.5 Å². The van der Waals surface area contributed by atoms with Crippen LogP contribution in [0.1, 0.15) is 114 Å². The van der Waals surface area contributed by atoms with Gasteiger partial charge < -0.3 is 34.8 Å².